The molecule has 0 aliphatic rings. The molecule has 0 radical (unpaired) electrons. The monoisotopic (exact) mass is 401 g/mol. The van der Waals surface area contributed by atoms with E-state index in [9.17, 15) is 0 Å². The summed E-state index contributed by atoms with van der Waals surface area (Å²) in [6, 6.07) is 8.14. The Morgan fingerprint density at radius 3 is 2.57 bits per heavy atom. The molecule has 5 heteroatoms. The topological polar surface area (TPSA) is 45.7 Å². The first-order valence-corrected chi connectivity index (χ1v) is 6.88. The minimum atomic E-state index is 0. The zero-order chi connectivity index (χ0) is 14.6. The Morgan fingerprint density at radius 2 is 2.00 bits per heavy atom. The molecular formula is C16H24IN3O. The maximum absolute atomic E-state index is 5.22. The van der Waals surface area contributed by atoms with Crippen molar-refractivity contribution in [2.45, 2.75) is 19.8 Å². The van der Waals surface area contributed by atoms with Crippen LogP contribution in [0.4, 0.5) is 0 Å². The predicted octanol–water partition coefficient (Wildman–Crippen LogP) is 2.43. The van der Waals surface area contributed by atoms with Gasteiger partial charge < -0.3 is 15.4 Å². The van der Waals surface area contributed by atoms with Crippen LogP contribution in [0, 0.1) is 12.3 Å². The van der Waals surface area contributed by atoms with Crippen molar-refractivity contribution in [2.24, 2.45) is 4.99 Å². The van der Waals surface area contributed by atoms with E-state index in [2.05, 4.69) is 33.7 Å². The second kappa shape index (κ2) is 12.3. The molecular weight excluding hydrogens is 377 g/mol. The number of ether oxygens (including phenoxy) is 1. The molecule has 0 saturated heterocycles. The molecule has 21 heavy (non-hydrogen) atoms. The van der Waals surface area contributed by atoms with Gasteiger partial charge in [0.2, 0.25) is 0 Å². The van der Waals surface area contributed by atoms with Gasteiger partial charge in [0.15, 0.2) is 5.96 Å². The molecule has 0 heterocycles. The molecule has 4 nitrogen and oxygen atoms in total. The van der Waals surface area contributed by atoms with Crippen molar-refractivity contribution in [1.29, 1.82) is 0 Å². The zero-order valence-corrected chi connectivity index (χ0v) is 15.0. The number of guanidine groups is 1. The second-order valence-corrected chi connectivity index (χ2v) is 4.27. The van der Waals surface area contributed by atoms with Crippen LogP contribution >= 0.6 is 24.0 Å². The van der Waals surface area contributed by atoms with E-state index in [1.54, 1.807) is 7.11 Å². The smallest absolute Gasteiger partial charge is 0.192 e. The standard InChI is InChI=1S/C16H23N3O.HI/c1-4-12-18-16(17-5-2)19-13-6-7-14-8-10-15(20-3)11-9-14;/h1,8-11H,5-7,12-13H2,2-3H3,(H2,17,18,19);1H. The largest absolute Gasteiger partial charge is 0.497 e. The molecule has 0 fully saturated rings. The number of aliphatic imine (C=N–C) groups is 1. The maximum atomic E-state index is 5.22. The molecule has 0 aliphatic carbocycles. The van der Waals surface area contributed by atoms with E-state index in [0.29, 0.717) is 6.54 Å². The van der Waals surface area contributed by atoms with Gasteiger partial charge in [-0.15, -0.1) is 30.4 Å². The quantitative estimate of drug-likeness (QED) is 0.243. The average molecular weight is 401 g/mol. The van der Waals surface area contributed by atoms with Gasteiger partial charge in [0.05, 0.1) is 13.7 Å². The SMILES string of the molecule is C#CCNC(=NCCCc1ccc(OC)cc1)NCC.I. The van der Waals surface area contributed by atoms with Crippen LogP contribution in [0.5, 0.6) is 5.75 Å². The molecule has 0 aromatic heterocycles. The van der Waals surface area contributed by atoms with E-state index in [-0.39, 0.29) is 24.0 Å². The highest BCUT2D eigenvalue weighted by atomic mass is 127. The number of hydrogen-bond acceptors (Lipinski definition) is 2. The lowest BCUT2D eigenvalue weighted by Crippen LogP contribution is -2.37. The van der Waals surface area contributed by atoms with Gasteiger partial charge in [-0.05, 0) is 37.5 Å². The van der Waals surface area contributed by atoms with Crippen molar-refractivity contribution in [3.63, 3.8) is 0 Å². The fourth-order valence-electron chi connectivity index (χ4n) is 1.74. The average Bonchev–Trinajstić information content (AvgIpc) is 2.49. The summed E-state index contributed by atoms with van der Waals surface area (Å²) in [7, 11) is 1.68. The van der Waals surface area contributed by atoms with Crippen LogP contribution in [0.15, 0.2) is 29.3 Å². The lowest BCUT2D eigenvalue weighted by atomic mass is 10.1. The highest BCUT2D eigenvalue weighted by Crippen LogP contribution is 2.12. The van der Waals surface area contributed by atoms with Gasteiger partial charge in [-0.25, -0.2) is 0 Å². The number of terminal acetylenes is 1. The zero-order valence-electron chi connectivity index (χ0n) is 12.7. The molecule has 1 aromatic rings. The molecule has 2 N–H and O–H groups in total. The summed E-state index contributed by atoms with van der Waals surface area (Å²) in [5.41, 5.74) is 1.29. The number of benzene rings is 1. The van der Waals surface area contributed by atoms with E-state index >= 15 is 0 Å². The van der Waals surface area contributed by atoms with Crippen molar-refractivity contribution in [3.05, 3.63) is 29.8 Å². The van der Waals surface area contributed by atoms with E-state index in [1.807, 2.05) is 19.1 Å². The summed E-state index contributed by atoms with van der Waals surface area (Å²) in [6.45, 7) is 4.12. The fraction of sp³-hybridized carbons (Fsp3) is 0.438. The van der Waals surface area contributed by atoms with Crippen molar-refractivity contribution in [2.75, 3.05) is 26.7 Å². The van der Waals surface area contributed by atoms with Gasteiger partial charge in [-0.2, -0.15) is 0 Å². The Bertz CT molecular complexity index is 452. The Kier molecular flexibility index (Phi) is 11.5. The molecule has 0 spiro atoms. The first kappa shape index (κ1) is 19.6. The Morgan fingerprint density at radius 1 is 1.29 bits per heavy atom. The first-order chi connectivity index (χ1) is 9.80. The van der Waals surface area contributed by atoms with E-state index in [4.69, 9.17) is 11.2 Å². The molecule has 1 rings (SSSR count). The minimum absolute atomic E-state index is 0. The molecule has 0 aliphatic heterocycles. The third-order valence-electron chi connectivity index (χ3n) is 2.75. The van der Waals surface area contributed by atoms with Crippen LogP contribution in [0.3, 0.4) is 0 Å². The number of nitrogens with one attached hydrogen (secondary N) is 2. The van der Waals surface area contributed by atoms with Crippen molar-refractivity contribution in [1.82, 2.24) is 10.6 Å². The summed E-state index contributed by atoms with van der Waals surface area (Å²) in [5, 5.41) is 6.23. The number of aryl methyl sites for hydroxylation is 1. The minimum Gasteiger partial charge on any atom is -0.497 e. The lowest BCUT2D eigenvalue weighted by molar-refractivity contribution is 0.414. The van der Waals surface area contributed by atoms with Crippen LogP contribution in [0.25, 0.3) is 0 Å². The predicted molar refractivity (Wildman–Crippen MR) is 99.5 cm³/mol. The van der Waals surface area contributed by atoms with Crippen LogP contribution in [0.2, 0.25) is 0 Å². The van der Waals surface area contributed by atoms with E-state index in [1.165, 1.54) is 5.56 Å². The van der Waals surface area contributed by atoms with Crippen LogP contribution in [0.1, 0.15) is 18.9 Å². The summed E-state index contributed by atoms with van der Waals surface area (Å²) >= 11 is 0. The number of hydrogen-bond donors (Lipinski definition) is 2. The van der Waals surface area contributed by atoms with Crippen LogP contribution < -0.4 is 15.4 Å². The molecule has 0 saturated carbocycles. The second-order valence-electron chi connectivity index (χ2n) is 4.27. The van der Waals surface area contributed by atoms with Crippen LogP contribution in [-0.4, -0.2) is 32.7 Å². The molecule has 0 atom stereocenters. The number of methoxy groups -OCH3 is 1. The third-order valence-corrected chi connectivity index (χ3v) is 2.75. The molecule has 0 unspecified atom stereocenters. The first-order valence-electron chi connectivity index (χ1n) is 6.88. The Hall–Kier alpha value is -1.42. The summed E-state index contributed by atoms with van der Waals surface area (Å²) in [4.78, 5) is 4.47. The van der Waals surface area contributed by atoms with Crippen LogP contribution in [-0.2, 0) is 6.42 Å². The summed E-state index contributed by atoms with van der Waals surface area (Å²) in [5.74, 6) is 4.21. The number of nitrogens with zero attached hydrogens (tertiary/aromatic N) is 1. The van der Waals surface area contributed by atoms with E-state index in [0.717, 1.165) is 37.6 Å². The lowest BCUT2D eigenvalue weighted by Gasteiger charge is -2.08. The van der Waals surface area contributed by atoms with Gasteiger partial charge in [-0.3, -0.25) is 4.99 Å². The van der Waals surface area contributed by atoms with Gasteiger partial charge in [0.25, 0.3) is 0 Å². The summed E-state index contributed by atoms with van der Waals surface area (Å²) < 4.78 is 5.14. The third kappa shape index (κ3) is 8.45. The van der Waals surface area contributed by atoms with Gasteiger partial charge in [0.1, 0.15) is 5.75 Å². The number of halogens is 1. The van der Waals surface area contributed by atoms with Crippen molar-refractivity contribution in [3.8, 4) is 18.1 Å². The normalized spacial score (nSPS) is 10.2. The maximum Gasteiger partial charge on any atom is 0.192 e. The molecule has 0 amide bonds. The molecule has 116 valence electrons. The van der Waals surface area contributed by atoms with Crippen molar-refractivity contribution < 1.29 is 4.74 Å². The van der Waals surface area contributed by atoms with Gasteiger partial charge >= 0.3 is 0 Å². The summed E-state index contributed by atoms with van der Waals surface area (Å²) in [6.07, 6.45) is 7.22. The van der Waals surface area contributed by atoms with Gasteiger partial charge in [-0.1, -0.05) is 18.1 Å². The molecule has 1 aromatic carbocycles. The highest BCUT2D eigenvalue weighted by molar-refractivity contribution is 14.0. The molecule has 0 bridgehead atoms. The Balaban J connectivity index is 0.00000400. The fourth-order valence-corrected chi connectivity index (χ4v) is 1.74. The number of rotatable bonds is 7. The van der Waals surface area contributed by atoms with E-state index < -0.39 is 0 Å². The highest BCUT2D eigenvalue weighted by Gasteiger charge is 1.96. The van der Waals surface area contributed by atoms with Gasteiger partial charge in [0, 0.05) is 13.1 Å². The van der Waals surface area contributed by atoms with Crippen molar-refractivity contribution >= 4 is 29.9 Å². The Labute approximate surface area is 144 Å².